The number of hydrogen-bond acceptors (Lipinski definition) is 3. The second-order valence-corrected chi connectivity index (χ2v) is 6.76. The first kappa shape index (κ1) is 16.6. The van der Waals surface area contributed by atoms with Gasteiger partial charge in [-0.05, 0) is 49.4 Å². The van der Waals surface area contributed by atoms with Crippen LogP contribution in [0.5, 0.6) is 0 Å². The van der Waals surface area contributed by atoms with Gasteiger partial charge in [-0.25, -0.2) is 0 Å². The Bertz CT molecular complexity index is 450. The van der Waals surface area contributed by atoms with Gasteiger partial charge in [0.15, 0.2) is 0 Å². The molecule has 0 aliphatic carbocycles. The summed E-state index contributed by atoms with van der Waals surface area (Å²) in [7, 11) is 0. The highest BCUT2D eigenvalue weighted by atomic mass is 35.5. The first-order valence-corrected chi connectivity index (χ1v) is 8.36. The average Bonchev–Trinajstić information content (AvgIpc) is 2.48. The fourth-order valence-corrected chi connectivity index (χ4v) is 3.12. The fourth-order valence-electron chi connectivity index (χ4n) is 2.96. The molecule has 0 saturated carbocycles. The minimum Gasteiger partial charge on any atom is -0.394 e. The molecule has 1 aliphatic heterocycles. The Morgan fingerprint density at radius 1 is 1.38 bits per heavy atom. The predicted molar refractivity (Wildman–Crippen MR) is 90.1 cm³/mol. The molecule has 1 aliphatic rings. The van der Waals surface area contributed by atoms with E-state index < -0.39 is 0 Å². The van der Waals surface area contributed by atoms with Gasteiger partial charge in [-0.3, -0.25) is 0 Å². The van der Waals surface area contributed by atoms with E-state index in [1.165, 1.54) is 24.1 Å². The van der Waals surface area contributed by atoms with E-state index in [0.717, 1.165) is 31.1 Å². The highest BCUT2D eigenvalue weighted by molar-refractivity contribution is 6.30. The van der Waals surface area contributed by atoms with Crippen LogP contribution in [0.4, 0.5) is 5.69 Å². The third-order valence-electron chi connectivity index (χ3n) is 4.06. The van der Waals surface area contributed by atoms with Gasteiger partial charge in [-0.15, -0.1) is 0 Å². The number of aliphatic hydroxyl groups is 1. The van der Waals surface area contributed by atoms with Crippen molar-refractivity contribution in [2.24, 2.45) is 5.92 Å². The minimum atomic E-state index is 0.214. The summed E-state index contributed by atoms with van der Waals surface area (Å²) in [6.07, 6.45) is 3.44. The van der Waals surface area contributed by atoms with E-state index in [-0.39, 0.29) is 12.6 Å². The summed E-state index contributed by atoms with van der Waals surface area (Å²) in [6.45, 7) is 7.49. The largest absolute Gasteiger partial charge is 0.394 e. The smallest absolute Gasteiger partial charge is 0.0635 e. The Kier molecular flexibility index (Phi) is 6.34. The Morgan fingerprint density at radius 3 is 2.90 bits per heavy atom. The van der Waals surface area contributed by atoms with Crippen LogP contribution in [-0.2, 0) is 6.54 Å². The quantitative estimate of drug-likeness (QED) is 0.845. The molecule has 118 valence electrons. The Balaban J connectivity index is 2.17. The van der Waals surface area contributed by atoms with Crippen LogP contribution in [0.15, 0.2) is 18.2 Å². The van der Waals surface area contributed by atoms with Crippen molar-refractivity contribution in [1.82, 2.24) is 5.32 Å². The van der Waals surface area contributed by atoms with Crippen LogP contribution in [0.25, 0.3) is 0 Å². The maximum absolute atomic E-state index is 9.64. The molecule has 1 heterocycles. The monoisotopic (exact) mass is 310 g/mol. The van der Waals surface area contributed by atoms with E-state index in [9.17, 15) is 5.11 Å². The van der Waals surface area contributed by atoms with Gasteiger partial charge in [-0.1, -0.05) is 31.5 Å². The molecule has 1 atom stereocenters. The number of piperidine rings is 1. The van der Waals surface area contributed by atoms with Crippen molar-refractivity contribution < 1.29 is 5.11 Å². The Morgan fingerprint density at radius 2 is 2.19 bits per heavy atom. The lowest BCUT2D eigenvalue weighted by Crippen LogP contribution is -2.42. The molecule has 1 aromatic rings. The van der Waals surface area contributed by atoms with Gasteiger partial charge in [0.05, 0.1) is 12.6 Å². The van der Waals surface area contributed by atoms with E-state index in [0.29, 0.717) is 5.92 Å². The molecular formula is C17H27ClN2O. The zero-order chi connectivity index (χ0) is 15.2. The molecular weight excluding hydrogens is 284 g/mol. The molecule has 4 heteroatoms. The first-order valence-electron chi connectivity index (χ1n) is 7.98. The van der Waals surface area contributed by atoms with Crippen molar-refractivity contribution in [3.63, 3.8) is 0 Å². The molecule has 1 unspecified atom stereocenters. The summed E-state index contributed by atoms with van der Waals surface area (Å²) >= 11 is 6.20. The minimum absolute atomic E-state index is 0.214. The maximum Gasteiger partial charge on any atom is 0.0635 e. The van der Waals surface area contributed by atoms with Gasteiger partial charge < -0.3 is 15.3 Å². The summed E-state index contributed by atoms with van der Waals surface area (Å²) < 4.78 is 0. The molecule has 21 heavy (non-hydrogen) atoms. The van der Waals surface area contributed by atoms with E-state index >= 15 is 0 Å². The van der Waals surface area contributed by atoms with E-state index in [2.05, 4.69) is 30.1 Å². The van der Waals surface area contributed by atoms with Crippen LogP contribution >= 0.6 is 11.6 Å². The third-order valence-corrected chi connectivity index (χ3v) is 4.30. The number of nitrogens with one attached hydrogen (secondary N) is 1. The molecule has 1 saturated heterocycles. The lowest BCUT2D eigenvalue weighted by molar-refractivity contribution is 0.240. The van der Waals surface area contributed by atoms with Crippen LogP contribution in [0.1, 0.15) is 38.7 Å². The number of rotatable bonds is 6. The fraction of sp³-hybridized carbons (Fsp3) is 0.647. The summed E-state index contributed by atoms with van der Waals surface area (Å²) in [5.74, 6) is 0.640. The summed E-state index contributed by atoms with van der Waals surface area (Å²) in [4.78, 5) is 2.34. The molecule has 1 fully saturated rings. The zero-order valence-corrected chi connectivity index (χ0v) is 13.9. The van der Waals surface area contributed by atoms with Crippen LogP contribution in [0, 0.1) is 5.92 Å². The highest BCUT2D eigenvalue weighted by Crippen LogP contribution is 2.30. The van der Waals surface area contributed by atoms with Crippen LogP contribution in [-0.4, -0.2) is 30.8 Å². The summed E-state index contributed by atoms with van der Waals surface area (Å²) in [6, 6.07) is 6.33. The number of halogens is 1. The van der Waals surface area contributed by atoms with E-state index in [1.807, 2.05) is 12.1 Å². The highest BCUT2D eigenvalue weighted by Gasteiger charge is 2.23. The van der Waals surface area contributed by atoms with Crippen molar-refractivity contribution in [2.75, 3.05) is 24.6 Å². The molecule has 3 nitrogen and oxygen atoms in total. The second-order valence-electron chi connectivity index (χ2n) is 6.32. The topological polar surface area (TPSA) is 35.5 Å². The van der Waals surface area contributed by atoms with Crippen molar-refractivity contribution >= 4 is 17.3 Å². The van der Waals surface area contributed by atoms with Crippen molar-refractivity contribution in [2.45, 2.75) is 45.7 Å². The van der Waals surface area contributed by atoms with Gasteiger partial charge in [0.2, 0.25) is 0 Å². The Hall–Kier alpha value is -0.770. The molecule has 1 aromatic carbocycles. The number of aliphatic hydroxyl groups excluding tert-OH is 1. The van der Waals surface area contributed by atoms with Gasteiger partial charge >= 0.3 is 0 Å². The number of anilines is 1. The second kappa shape index (κ2) is 8.02. The Labute approximate surface area is 133 Å². The van der Waals surface area contributed by atoms with Gasteiger partial charge in [0.1, 0.15) is 0 Å². The van der Waals surface area contributed by atoms with E-state index in [4.69, 9.17) is 11.6 Å². The summed E-state index contributed by atoms with van der Waals surface area (Å²) in [5.41, 5.74) is 2.44. The molecule has 0 amide bonds. The average molecular weight is 311 g/mol. The van der Waals surface area contributed by atoms with Crippen molar-refractivity contribution in [3.8, 4) is 0 Å². The maximum atomic E-state index is 9.64. The lowest BCUT2D eigenvalue weighted by Gasteiger charge is -2.38. The molecule has 2 N–H and O–H groups in total. The molecule has 0 spiro atoms. The number of nitrogens with zero attached hydrogens (tertiary/aromatic N) is 1. The molecule has 0 aromatic heterocycles. The van der Waals surface area contributed by atoms with Crippen LogP contribution in [0.2, 0.25) is 5.02 Å². The van der Waals surface area contributed by atoms with Gasteiger partial charge in [0.25, 0.3) is 0 Å². The van der Waals surface area contributed by atoms with Crippen molar-refractivity contribution in [1.29, 1.82) is 0 Å². The summed E-state index contributed by atoms with van der Waals surface area (Å²) in [5, 5.41) is 13.9. The number of hydrogen-bond donors (Lipinski definition) is 2. The normalized spacial score (nSPS) is 19.3. The van der Waals surface area contributed by atoms with Gasteiger partial charge in [-0.2, -0.15) is 0 Å². The zero-order valence-electron chi connectivity index (χ0n) is 13.1. The predicted octanol–water partition coefficient (Wildman–Crippen LogP) is 3.44. The van der Waals surface area contributed by atoms with Crippen LogP contribution in [0.3, 0.4) is 0 Å². The molecule has 2 rings (SSSR count). The van der Waals surface area contributed by atoms with Gasteiger partial charge in [0, 0.05) is 23.8 Å². The van der Waals surface area contributed by atoms with E-state index in [1.54, 1.807) is 0 Å². The SMILES string of the molecule is CC(C)CNCc1ccc(Cl)cc1N1CCCCC1CO. The molecule has 0 bridgehead atoms. The lowest BCUT2D eigenvalue weighted by atomic mass is 10.00. The first-order chi connectivity index (χ1) is 10.1. The standard InChI is InChI=1S/C17H27ClN2O/c1-13(2)10-19-11-14-6-7-15(18)9-17(14)20-8-4-3-5-16(20)12-21/h6-7,9,13,16,19,21H,3-5,8,10-12H2,1-2H3. The number of benzene rings is 1. The van der Waals surface area contributed by atoms with Crippen molar-refractivity contribution in [3.05, 3.63) is 28.8 Å². The third kappa shape index (κ3) is 4.60. The molecule has 0 radical (unpaired) electrons. The van der Waals surface area contributed by atoms with Crippen LogP contribution < -0.4 is 10.2 Å².